The van der Waals surface area contributed by atoms with Gasteiger partial charge in [0.05, 0.1) is 0 Å². The topological polar surface area (TPSA) is 38.0 Å². The fourth-order valence-electron chi connectivity index (χ4n) is 1.63. The van der Waals surface area contributed by atoms with Crippen LogP contribution < -0.4 is 11.1 Å². The Balaban J connectivity index is 0.000000405. The Morgan fingerprint density at radius 1 is 1.40 bits per heavy atom. The van der Waals surface area contributed by atoms with Crippen LogP contribution in [-0.2, 0) is 0 Å². The first kappa shape index (κ1) is 10.5. The molecule has 1 spiro atoms. The average Bonchev–Trinajstić information content (AvgIpc) is 2.29. The molecule has 1 saturated heterocycles. The molecule has 0 amide bonds. The van der Waals surface area contributed by atoms with Crippen LogP contribution in [0.15, 0.2) is 0 Å². The number of halogens is 2. The molecule has 0 aromatic carbocycles. The van der Waals surface area contributed by atoms with Crippen LogP contribution >= 0.6 is 24.8 Å². The van der Waals surface area contributed by atoms with Gasteiger partial charge in [0.15, 0.2) is 0 Å². The highest BCUT2D eigenvalue weighted by Crippen LogP contribution is 2.48. The lowest BCUT2D eigenvalue weighted by molar-refractivity contribution is 0.547. The van der Waals surface area contributed by atoms with Crippen molar-refractivity contribution in [1.29, 1.82) is 0 Å². The highest BCUT2D eigenvalue weighted by molar-refractivity contribution is 5.85. The lowest BCUT2D eigenvalue weighted by atomic mass is 10.1. The van der Waals surface area contributed by atoms with Crippen LogP contribution in [0.3, 0.4) is 0 Å². The van der Waals surface area contributed by atoms with Crippen LogP contribution in [0.2, 0.25) is 0 Å². The van der Waals surface area contributed by atoms with Crippen molar-refractivity contribution in [2.24, 2.45) is 11.1 Å². The summed E-state index contributed by atoms with van der Waals surface area (Å²) >= 11 is 0. The minimum absolute atomic E-state index is 0. The van der Waals surface area contributed by atoms with Crippen molar-refractivity contribution in [1.82, 2.24) is 5.32 Å². The normalized spacial score (nSPS) is 42.3. The summed E-state index contributed by atoms with van der Waals surface area (Å²) in [5.41, 5.74) is 6.29. The Kier molecular flexibility index (Phi) is 3.43. The Morgan fingerprint density at radius 3 is 2.20 bits per heavy atom. The molecule has 2 aliphatic rings. The van der Waals surface area contributed by atoms with E-state index >= 15 is 0 Å². The lowest BCUT2D eigenvalue weighted by Crippen LogP contribution is -2.16. The average molecular weight is 185 g/mol. The summed E-state index contributed by atoms with van der Waals surface area (Å²) in [4.78, 5) is 0. The summed E-state index contributed by atoms with van der Waals surface area (Å²) in [6.07, 6.45) is 2.58. The molecule has 0 radical (unpaired) electrons. The minimum atomic E-state index is 0. The van der Waals surface area contributed by atoms with Crippen LogP contribution in [0.4, 0.5) is 0 Å². The molecule has 2 atom stereocenters. The van der Waals surface area contributed by atoms with Gasteiger partial charge in [0.1, 0.15) is 0 Å². The summed E-state index contributed by atoms with van der Waals surface area (Å²) in [6, 6.07) is 0.525. The van der Waals surface area contributed by atoms with Gasteiger partial charge in [0.2, 0.25) is 0 Å². The summed E-state index contributed by atoms with van der Waals surface area (Å²) in [5, 5.41) is 3.33. The quantitative estimate of drug-likeness (QED) is 0.578. The van der Waals surface area contributed by atoms with Gasteiger partial charge >= 0.3 is 0 Å². The number of hydrogen-bond donors (Lipinski definition) is 2. The molecule has 1 aliphatic carbocycles. The van der Waals surface area contributed by atoms with Gasteiger partial charge in [-0.25, -0.2) is 0 Å². The first-order chi connectivity index (χ1) is 3.83. The number of rotatable bonds is 0. The third-order valence-corrected chi connectivity index (χ3v) is 2.53. The highest BCUT2D eigenvalue weighted by Gasteiger charge is 2.52. The van der Waals surface area contributed by atoms with Crippen molar-refractivity contribution in [2.75, 3.05) is 13.1 Å². The van der Waals surface area contributed by atoms with Crippen LogP contribution in [0.25, 0.3) is 0 Å². The summed E-state index contributed by atoms with van der Waals surface area (Å²) < 4.78 is 0. The molecule has 1 aliphatic heterocycles. The molecule has 1 saturated carbocycles. The largest absolute Gasteiger partial charge is 0.327 e. The SMILES string of the molecule is Cl.Cl.N[C@@H]1C[C@]12CCNC2. The van der Waals surface area contributed by atoms with Gasteiger partial charge in [-0.15, -0.1) is 24.8 Å². The Bertz CT molecular complexity index is 112. The third kappa shape index (κ3) is 1.40. The lowest BCUT2D eigenvalue weighted by Gasteiger charge is -2.00. The molecule has 2 rings (SSSR count). The maximum absolute atomic E-state index is 5.72. The predicted molar refractivity (Wildman–Crippen MR) is 47.0 cm³/mol. The van der Waals surface area contributed by atoms with Gasteiger partial charge in [0.25, 0.3) is 0 Å². The van der Waals surface area contributed by atoms with Crippen molar-refractivity contribution in [3.05, 3.63) is 0 Å². The van der Waals surface area contributed by atoms with Gasteiger partial charge in [0, 0.05) is 18.0 Å². The van der Waals surface area contributed by atoms with E-state index in [0.717, 1.165) is 0 Å². The van der Waals surface area contributed by atoms with E-state index in [1.54, 1.807) is 0 Å². The molecule has 0 unspecified atom stereocenters. The Labute approximate surface area is 73.7 Å². The zero-order valence-corrected chi connectivity index (χ0v) is 7.43. The molecule has 2 nitrogen and oxygen atoms in total. The van der Waals surface area contributed by atoms with E-state index in [-0.39, 0.29) is 24.8 Å². The number of nitrogens with one attached hydrogen (secondary N) is 1. The molecule has 3 N–H and O–H groups in total. The van der Waals surface area contributed by atoms with Crippen molar-refractivity contribution in [2.45, 2.75) is 18.9 Å². The second-order valence-electron chi connectivity index (χ2n) is 3.10. The van der Waals surface area contributed by atoms with E-state index in [4.69, 9.17) is 5.73 Å². The van der Waals surface area contributed by atoms with Gasteiger partial charge < -0.3 is 11.1 Å². The molecule has 10 heavy (non-hydrogen) atoms. The number of hydrogen-bond acceptors (Lipinski definition) is 2. The van der Waals surface area contributed by atoms with E-state index < -0.39 is 0 Å². The van der Waals surface area contributed by atoms with Crippen molar-refractivity contribution in [3.8, 4) is 0 Å². The van der Waals surface area contributed by atoms with Crippen LogP contribution in [-0.4, -0.2) is 19.1 Å². The van der Waals surface area contributed by atoms with Crippen LogP contribution in [0.1, 0.15) is 12.8 Å². The van der Waals surface area contributed by atoms with Gasteiger partial charge in [-0.2, -0.15) is 0 Å². The molecular formula is C6H14Cl2N2. The smallest absolute Gasteiger partial charge is 0.0115 e. The van der Waals surface area contributed by atoms with E-state index in [0.29, 0.717) is 11.5 Å². The fraction of sp³-hybridized carbons (Fsp3) is 1.00. The maximum Gasteiger partial charge on any atom is 0.0115 e. The van der Waals surface area contributed by atoms with Crippen LogP contribution in [0, 0.1) is 5.41 Å². The molecule has 4 heteroatoms. The fourth-order valence-corrected chi connectivity index (χ4v) is 1.63. The zero-order valence-electron chi connectivity index (χ0n) is 5.80. The highest BCUT2D eigenvalue weighted by atomic mass is 35.5. The molecule has 2 fully saturated rings. The van der Waals surface area contributed by atoms with Crippen molar-refractivity contribution >= 4 is 24.8 Å². The molecular weight excluding hydrogens is 171 g/mol. The second kappa shape index (κ2) is 3.26. The van der Waals surface area contributed by atoms with E-state index in [9.17, 15) is 0 Å². The minimum Gasteiger partial charge on any atom is -0.327 e. The summed E-state index contributed by atoms with van der Waals surface area (Å²) in [6.45, 7) is 2.36. The van der Waals surface area contributed by atoms with E-state index in [1.807, 2.05) is 0 Å². The van der Waals surface area contributed by atoms with Crippen molar-refractivity contribution < 1.29 is 0 Å². The maximum atomic E-state index is 5.72. The molecule has 0 aromatic heterocycles. The second-order valence-corrected chi connectivity index (χ2v) is 3.10. The summed E-state index contributed by atoms with van der Waals surface area (Å²) in [7, 11) is 0. The molecule has 0 bridgehead atoms. The van der Waals surface area contributed by atoms with Gasteiger partial charge in [-0.05, 0) is 19.4 Å². The van der Waals surface area contributed by atoms with Crippen molar-refractivity contribution in [3.63, 3.8) is 0 Å². The van der Waals surface area contributed by atoms with E-state index in [1.165, 1.54) is 25.9 Å². The van der Waals surface area contributed by atoms with E-state index in [2.05, 4.69) is 5.32 Å². The third-order valence-electron chi connectivity index (χ3n) is 2.53. The Hall–Kier alpha value is 0.500. The predicted octanol–water partition coefficient (Wildman–Crippen LogP) is 0.541. The number of nitrogens with two attached hydrogens (primary N) is 1. The Morgan fingerprint density at radius 2 is 2.00 bits per heavy atom. The standard InChI is InChI=1S/C6H12N2.2ClH/c7-5-3-6(5)1-2-8-4-6;;/h5,8H,1-4,7H2;2*1H/t5-,6+;;/m1../s1. The monoisotopic (exact) mass is 184 g/mol. The zero-order chi connectivity index (χ0) is 5.61. The molecule has 0 aromatic rings. The first-order valence-electron chi connectivity index (χ1n) is 3.30. The van der Waals surface area contributed by atoms with Crippen LogP contribution in [0.5, 0.6) is 0 Å². The van der Waals surface area contributed by atoms with Gasteiger partial charge in [-0.1, -0.05) is 0 Å². The molecule has 62 valence electrons. The first-order valence-corrected chi connectivity index (χ1v) is 3.30. The summed E-state index contributed by atoms with van der Waals surface area (Å²) in [5.74, 6) is 0. The molecule has 1 heterocycles. The van der Waals surface area contributed by atoms with Gasteiger partial charge in [-0.3, -0.25) is 0 Å².